The number of benzene rings is 1. The van der Waals surface area contributed by atoms with E-state index in [2.05, 4.69) is 11.1 Å². The smallest absolute Gasteiger partial charge is 0.129 e. The van der Waals surface area contributed by atoms with E-state index in [4.69, 9.17) is 10.00 Å². The van der Waals surface area contributed by atoms with Crippen LogP contribution in [0.25, 0.3) is 0 Å². The van der Waals surface area contributed by atoms with Crippen molar-refractivity contribution in [1.82, 2.24) is 4.98 Å². The molecular formula is C14H10N2O. The van der Waals surface area contributed by atoms with Gasteiger partial charge in [-0.15, -0.1) is 0 Å². The molecule has 0 N–H and O–H groups in total. The van der Waals surface area contributed by atoms with E-state index in [-0.39, 0.29) is 6.10 Å². The van der Waals surface area contributed by atoms with E-state index in [1.54, 1.807) is 12.3 Å². The molecule has 17 heavy (non-hydrogen) atoms. The van der Waals surface area contributed by atoms with Gasteiger partial charge in [0.1, 0.15) is 11.9 Å². The number of fused-ring (bicyclic) bond motifs is 1. The molecule has 0 spiro atoms. The average Bonchev–Trinajstić information content (AvgIpc) is 2.82. The summed E-state index contributed by atoms with van der Waals surface area (Å²) in [6.07, 6.45) is 4.39. The Hall–Kier alpha value is -2.34. The van der Waals surface area contributed by atoms with Gasteiger partial charge in [0.2, 0.25) is 0 Å². The fourth-order valence-corrected chi connectivity index (χ4v) is 2.07. The lowest BCUT2D eigenvalue weighted by atomic mass is 10.0. The molecule has 0 saturated heterocycles. The highest BCUT2D eigenvalue weighted by Crippen LogP contribution is 2.36. The molecule has 2 aromatic rings. The summed E-state index contributed by atoms with van der Waals surface area (Å²) in [6, 6.07) is 11.6. The van der Waals surface area contributed by atoms with Crippen molar-refractivity contribution in [2.45, 2.75) is 12.5 Å². The Morgan fingerprint density at radius 3 is 3.06 bits per heavy atom. The Bertz CT molecular complexity index is 587. The summed E-state index contributed by atoms with van der Waals surface area (Å²) in [4.78, 5) is 4.09. The third kappa shape index (κ3) is 1.74. The van der Waals surface area contributed by atoms with Gasteiger partial charge in [0.05, 0.1) is 11.6 Å². The zero-order chi connectivity index (χ0) is 11.7. The van der Waals surface area contributed by atoms with Gasteiger partial charge in [0.15, 0.2) is 0 Å². The number of hydrogen-bond acceptors (Lipinski definition) is 3. The van der Waals surface area contributed by atoms with Gasteiger partial charge in [-0.05, 0) is 29.8 Å². The standard InChI is InChI=1S/C14H10N2O/c15-8-10-3-4-13-12(6-10)7-14(17-13)11-2-1-5-16-9-11/h1-6,9,14H,7H2/t14-/m1/s1. The lowest BCUT2D eigenvalue weighted by molar-refractivity contribution is 0.238. The Morgan fingerprint density at radius 1 is 1.35 bits per heavy atom. The molecule has 0 aliphatic carbocycles. The summed E-state index contributed by atoms with van der Waals surface area (Å²) >= 11 is 0. The minimum absolute atomic E-state index is 0.0210. The second-order valence-electron chi connectivity index (χ2n) is 4.03. The van der Waals surface area contributed by atoms with Crippen LogP contribution < -0.4 is 4.74 Å². The van der Waals surface area contributed by atoms with E-state index in [1.807, 2.05) is 30.5 Å². The molecule has 0 bridgehead atoms. The topological polar surface area (TPSA) is 45.9 Å². The largest absolute Gasteiger partial charge is 0.485 e. The molecule has 0 saturated carbocycles. The second-order valence-corrected chi connectivity index (χ2v) is 4.03. The zero-order valence-corrected chi connectivity index (χ0v) is 9.13. The van der Waals surface area contributed by atoms with E-state index in [0.29, 0.717) is 5.56 Å². The first-order chi connectivity index (χ1) is 8.36. The molecule has 0 unspecified atom stereocenters. The van der Waals surface area contributed by atoms with E-state index in [1.165, 1.54) is 0 Å². The van der Waals surface area contributed by atoms with Crippen LogP contribution in [-0.4, -0.2) is 4.98 Å². The first-order valence-electron chi connectivity index (χ1n) is 5.46. The molecule has 1 aromatic heterocycles. The Labute approximate surface area is 99.3 Å². The van der Waals surface area contributed by atoms with Crippen LogP contribution in [0.1, 0.15) is 22.8 Å². The SMILES string of the molecule is N#Cc1ccc2c(c1)C[C@H](c1cccnc1)O2. The molecule has 82 valence electrons. The maximum atomic E-state index is 8.85. The molecule has 1 atom stereocenters. The number of pyridine rings is 1. The third-order valence-corrected chi connectivity index (χ3v) is 2.92. The number of ether oxygens (including phenoxy) is 1. The van der Waals surface area contributed by atoms with Gasteiger partial charge < -0.3 is 4.74 Å². The number of rotatable bonds is 1. The summed E-state index contributed by atoms with van der Waals surface area (Å²) < 4.78 is 5.84. The van der Waals surface area contributed by atoms with Crippen LogP contribution in [0.4, 0.5) is 0 Å². The summed E-state index contributed by atoms with van der Waals surface area (Å²) in [5, 5.41) is 8.85. The molecule has 3 rings (SSSR count). The van der Waals surface area contributed by atoms with Gasteiger partial charge >= 0.3 is 0 Å². The molecule has 1 aromatic carbocycles. The molecule has 0 amide bonds. The lowest BCUT2D eigenvalue weighted by Crippen LogP contribution is -2.02. The minimum atomic E-state index is 0.0210. The van der Waals surface area contributed by atoms with Gasteiger partial charge in [-0.2, -0.15) is 5.26 Å². The maximum Gasteiger partial charge on any atom is 0.129 e. The van der Waals surface area contributed by atoms with E-state index in [0.717, 1.165) is 23.3 Å². The van der Waals surface area contributed by atoms with Crippen molar-refractivity contribution in [2.75, 3.05) is 0 Å². The van der Waals surface area contributed by atoms with Crippen molar-refractivity contribution in [3.05, 3.63) is 59.4 Å². The zero-order valence-electron chi connectivity index (χ0n) is 9.13. The molecule has 0 radical (unpaired) electrons. The van der Waals surface area contributed by atoms with Crippen molar-refractivity contribution < 1.29 is 4.74 Å². The van der Waals surface area contributed by atoms with Crippen LogP contribution in [0.3, 0.4) is 0 Å². The summed E-state index contributed by atoms with van der Waals surface area (Å²) in [6.45, 7) is 0. The molecule has 1 aliphatic rings. The molecule has 2 heterocycles. The highest BCUT2D eigenvalue weighted by Gasteiger charge is 2.24. The van der Waals surface area contributed by atoms with Crippen molar-refractivity contribution in [1.29, 1.82) is 5.26 Å². The van der Waals surface area contributed by atoms with Crippen LogP contribution in [0, 0.1) is 11.3 Å². The first-order valence-corrected chi connectivity index (χ1v) is 5.46. The minimum Gasteiger partial charge on any atom is -0.485 e. The fraction of sp³-hybridized carbons (Fsp3) is 0.143. The molecule has 0 fully saturated rings. The van der Waals surface area contributed by atoms with Crippen molar-refractivity contribution in [2.24, 2.45) is 0 Å². The fourth-order valence-electron chi connectivity index (χ4n) is 2.07. The normalized spacial score (nSPS) is 17.0. The number of hydrogen-bond donors (Lipinski definition) is 0. The van der Waals surface area contributed by atoms with Crippen LogP contribution in [0.5, 0.6) is 5.75 Å². The molecule has 3 nitrogen and oxygen atoms in total. The summed E-state index contributed by atoms with van der Waals surface area (Å²) in [7, 11) is 0. The van der Waals surface area contributed by atoms with E-state index in [9.17, 15) is 0 Å². The van der Waals surface area contributed by atoms with E-state index < -0.39 is 0 Å². The number of nitriles is 1. The van der Waals surface area contributed by atoms with Gasteiger partial charge in [-0.3, -0.25) is 4.98 Å². The van der Waals surface area contributed by atoms with Crippen LogP contribution in [0.15, 0.2) is 42.7 Å². The quantitative estimate of drug-likeness (QED) is 0.745. The highest BCUT2D eigenvalue weighted by molar-refractivity contribution is 5.45. The maximum absolute atomic E-state index is 8.85. The number of nitrogens with zero attached hydrogens (tertiary/aromatic N) is 2. The van der Waals surface area contributed by atoms with Crippen molar-refractivity contribution in [3.8, 4) is 11.8 Å². The first kappa shape index (κ1) is 9.86. The van der Waals surface area contributed by atoms with Crippen molar-refractivity contribution in [3.63, 3.8) is 0 Å². The lowest BCUT2D eigenvalue weighted by Gasteiger charge is -2.09. The summed E-state index contributed by atoms with van der Waals surface area (Å²) in [5.74, 6) is 0.873. The van der Waals surface area contributed by atoms with Crippen molar-refractivity contribution >= 4 is 0 Å². The van der Waals surface area contributed by atoms with Gasteiger partial charge in [-0.1, -0.05) is 6.07 Å². The summed E-state index contributed by atoms with van der Waals surface area (Å²) in [5.41, 5.74) is 2.85. The monoisotopic (exact) mass is 222 g/mol. The molecule has 3 heteroatoms. The van der Waals surface area contributed by atoms with Gasteiger partial charge in [-0.25, -0.2) is 0 Å². The second kappa shape index (κ2) is 3.91. The third-order valence-electron chi connectivity index (χ3n) is 2.92. The molecule has 1 aliphatic heterocycles. The van der Waals surface area contributed by atoms with Gasteiger partial charge in [0, 0.05) is 24.4 Å². The Balaban J connectivity index is 1.91. The van der Waals surface area contributed by atoms with E-state index >= 15 is 0 Å². The predicted octanol–water partition coefficient (Wildman–Crippen LogP) is 2.63. The average molecular weight is 222 g/mol. The Kier molecular flexibility index (Phi) is 2.27. The number of aromatic nitrogens is 1. The highest BCUT2D eigenvalue weighted by atomic mass is 16.5. The van der Waals surface area contributed by atoms with Crippen LogP contribution in [-0.2, 0) is 6.42 Å². The molecular weight excluding hydrogens is 212 g/mol. The van der Waals surface area contributed by atoms with Gasteiger partial charge in [0.25, 0.3) is 0 Å². The van der Waals surface area contributed by atoms with Crippen LogP contribution in [0.2, 0.25) is 0 Å². The predicted molar refractivity (Wildman–Crippen MR) is 62.5 cm³/mol. The Morgan fingerprint density at radius 2 is 2.29 bits per heavy atom. The van der Waals surface area contributed by atoms with Crippen LogP contribution >= 0.6 is 0 Å².